The highest BCUT2D eigenvalue weighted by Crippen LogP contribution is 2.31. The van der Waals surface area contributed by atoms with Crippen LogP contribution < -0.4 is 5.56 Å². The topological polar surface area (TPSA) is 75.1 Å². The van der Waals surface area contributed by atoms with E-state index in [1.165, 1.54) is 9.95 Å². The van der Waals surface area contributed by atoms with E-state index in [2.05, 4.69) is 42.2 Å². The van der Waals surface area contributed by atoms with Crippen molar-refractivity contribution < 1.29 is 9.90 Å². The van der Waals surface area contributed by atoms with Crippen LogP contribution in [0, 0.1) is 0 Å². The normalized spacial score (nSPS) is 12.5. The van der Waals surface area contributed by atoms with E-state index in [0.717, 1.165) is 16.5 Å². The Bertz CT molecular complexity index is 1220. The minimum absolute atomic E-state index is 0.00588. The van der Waals surface area contributed by atoms with E-state index in [0.29, 0.717) is 10.9 Å². The van der Waals surface area contributed by atoms with Crippen molar-refractivity contribution in [3.63, 3.8) is 0 Å². The monoisotopic (exact) mass is 346 g/mol. The van der Waals surface area contributed by atoms with Gasteiger partial charge in [-0.1, -0.05) is 49.4 Å². The van der Waals surface area contributed by atoms with E-state index >= 15 is 0 Å². The molecule has 1 unspecified atom stereocenters. The third kappa shape index (κ3) is 2.49. The van der Waals surface area contributed by atoms with Gasteiger partial charge in [-0.3, -0.25) is 4.79 Å². The van der Waals surface area contributed by atoms with Crippen LogP contribution in [0.3, 0.4) is 0 Å². The zero-order valence-corrected chi connectivity index (χ0v) is 14.5. The average molecular weight is 346 g/mol. The number of hydrogen-bond donors (Lipinski definition) is 2. The number of hydrogen-bond acceptors (Lipinski definition) is 2. The summed E-state index contributed by atoms with van der Waals surface area (Å²) in [7, 11) is 1.68. The maximum atomic E-state index is 12.4. The van der Waals surface area contributed by atoms with Gasteiger partial charge in [0.2, 0.25) is 0 Å². The SMILES string of the molecule is CC(c1ccc2ccccc2c1)c1cn(C)c(=O)c2[nH]c(C(=O)O)cc12. The minimum atomic E-state index is -1.08. The lowest BCUT2D eigenvalue weighted by molar-refractivity contribution is 0.0691. The minimum Gasteiger partial charge on any atom is -0.477 e. The van der Waals surface area contributed by atoms with E-state index < -0.39 is 5.97 Å². The van der Waals surface area contributed by atoms with E-state index in [4.69, 9.17) is 0 Å². The van der Waals surface area contributed by atoms with Crippen molar-refractivity contribution in [2.24, 2.45) is 7.05 Å². The molecule has 5 nitrogen and oxygen atoms in total. The second-order valence-electron chi connectivity index (χ2n) is 6.61. The molecule has 0 saturated carbocycles. The molecule has 0 spiro atoms. The van der Waals surface area contributed by atoms with Crippen LogP contribution in [0.25, 0.3) is 21.7 Å². The van der Waals surface area contributed by atoms with Gasteiger partial charge in [0.25, 0.3) is 5.56 Å². The number of aromatic carboxylic acids is 1. The average Bonchev–Trinajstić information content (AvgIpc) is 3.10. The molecule has 0 aliphatic heterocycles. The molecule has 0 fully saturated rings. The summed E-state index contributed by atoms with van der Waals surface area (Å²) < 4.78 is 1.50. The largest absolute Gasteiger partial charge is 0.477 e. The predicted octanol–water partition coefficient (Wildman–Crippen LogP) is 3.87. The van der Waals surface area contributed by atoms with E-state index in [9.17, 15) is 14.7 Å². The van der Waals surface area contributed by atoms with Crippen LogP contribution in [-0.4, -0.2) is 20.6 Å². The Balaban J connectivity index is 1.92. The van der Waals surface area contributed by atoms with Gasteiger partial charge in [0.05, 0.1) is 0 Å². The Hall–Kier alpha value is -3.34. The number of pyridine rings is 1. The van der Waals surface area contributed by atoms with Gasteiger partial charge in [-0.25, -0.2) is 4.79 Å². The summed E-state index contributed by atoms with van der Waals surface area (Å²) in [6, 6.07) is 16.0. The first-order valence-electron chi connectivity index (χ1n) is 8.40. The number of H-pyrrole nitrogens is 1. The number of nitrogens with zero attached hydrogens (tertiary/aromatic N) is 1. The molecule has 4 rings (SSSR count). The van der Waals surface area contributed by atoms with Gasteiger partial charge in [0.15, 0.2) is 0 Å². The number of carbonyl (C=O) groups is 1. The van der Waals surface area contributed by atoms with Crippen LogP contribution in [0.4, 0.5) is 0 Å². The Morgan fingerprint density at radius 3 is 2.58 bits per heavy atom. The van der Waals surface area contributed by atoms with Gasteiger partial charge in [-0.2, -0.15) is 0 Å². The molecule has 2 aromatic heterocycles. The molecule has 0 radical (unpaired) electrons. The molecule has 0 saturated heterocycles. The molecule has 26 heavy (non-hydrogen) atoms. The highest BCUT2D eigenvalue weighted by atomic mass is 16.4. The summed E-state index contributed by atoms with van der Waals surface area (Å²) in [4.78, 5) is 26.5. The second kappa shape index (κ2) is 5.88. The zero-order chi connectivity index (χ0) is 18.4. The summed E-state index contributed by atoms with van der Waals surface area (Å²) in [5, 5.41) is 12.3. The summed E-state index contributed by atoms with van der Waals surface area (Å²) in [5.41, 5.74) is 2.15. The number of aryl methyl sites for hydroxylation is 1. The molecular weight excluding hydrogens is 328 g/mol. The molecule has 4 aromatic rings. The lowest BCUT2D eigenvalue weighted by Crippen LogP contribution is -2.18. The van der Waals surface area contributed by atoms with Gasteiger partial charge in [-0.15, -0.1) is 0 Å². The molecule has 1 atom stereocenters. The molecule has 130 valence electrons. The van der Waals surface area contributed by atoms with Crippen molar-refractivity contribution in [2.45, 2.75) is 12.8 Å². The van der Waals surface area contributed by atoms with Crippen LogP contribution in [0.2, 0.25) is 0 Å². The molecule has 0 aliphatic carbocycles. The number of carboxylic acid groups (broad SMARTS) is 1. The first-order valence-corrected chi connectivity index (χ1v) is 8.40. The van der Waals surface area contributed by atoms with Gasteiger partial charge < -0.3 is 14.7 Å². The summed E-state index contributed by atoms with van der Waals surface area (Å²) in [6.45, 7) is 2.07. The zero-order valence-electron chi connectivity index (χ0n) is 14.5. The predicted molar refractivity (Wildman–Crippen MR) is 102 cm³/mol. The number of fused-ring (bicyclic) bond motifs is 2. The third-order valence-corrected chi connectivity index (χ3v) is 4.97. The van der Waals surface area contributed by atoms with Crippen molar-refractivity contribution in [3.05, 3.63) is 81.9 Å². The van der Waals surface area contributed by atoms with E-state index in [1.54, 1.807) is 19.3 Å². The first-order chi connectivity index (χ1) is 12.5. The number of benzene rings is 2. The van der Waals surface area contributed by atoms with Gasteiger partial charge >= 0.3 is 5.97 Å². The molecule has 5 heteroatoms. The van der Waals surface area contributed by atoms with Crippen LogP contribution in [0.15, 0.2) is 59.5 Å². The summed E-state index contributed by atoms with van der Waals surface area (Å²) in [6.07, 6.45) is 1.80. The maximum absolute atomic E-state index is 12.4. The molecule has 2 heterocycles. The standard InChI is InChI=1S/C21H18N2O3/c1-12(14-8-7-13-5-3-4-6-15(13)9-14)17-11-23(2)20(24)19-16(17)10-18(22-19)21(25)26/h3-12,22H,1-2H3,(H,25,26). The van der Waals surface area contributed by atoms with Gasteiger partial charge in [0, 0.05) is 24.5 Å². The van der Waals surface area contributed by atoms with Gasteiger partial charge in [-0.05, 0) is 28.0 Å². The summed E-state index contributed by atoms with van der Waals surface area (Å²) >= 11 is 0. The van der Waals surface area contributed by atoms with E-state index in [1.807, 2.05) is 12.1 Å². The van der Waals surface area contributed by atoms with Crippen molar-refractivity contribution in [3.8, 4) is 0 Å². The highest BCUT2D eigenvalue weighted by molar-refractivity contribution is 5.95. The Kier molecular flexibility index (Phi) is 3.65. The summed E-state index contributed by atoms with van der Waals surface area (Å²) in [5.74, 6) is -1.07. The first kappa shape index (κ1) is 16.1. The number of aromatic nitrogens is 2. The maximum Gasteiger partial charge on any atom is 0.352 e. The number of aromatic amines is 1. The number of nitrogens with one attached hydrogen (secondary N) is 1. The Labute approximate surface area is 149 Å². The molecule has 2 aromatic carbocycles. The highest BCUT2D eigenvalue weighted by Gasteiger charge is 2.19. The van der Waals surface area contributed by atoms with Crippen molar-refractivity contribution in [2.75, 3.05) is 0 Å². The van der Waals surface area contributed by atoms with Crippen molar-refractivity contribution >= 4 is 27.6 Å². The van der Waals surface area contributed by atoms with Crippen LogP contribution >= 0.6 is 0 Å². The molecule has 0 aliphatic rings. The fraction of sp³-hybridized carbons (Fsp3) is 0.143. The van der Waals surface area contributed by atoms with E-state index in [-0.39, 0.29) is 17.2 Å². The number of rotatable bonds is 3. The molecular formula is C21H18N2O3. The molecule has 2 N–H and O–H groups in total. The van der Waals surface area contributed by atoms with Crippen LogP contribution in [0.1, 0.15) is 34.5 Å². The second-order valence-corrected chi connectivity index (χ2v) is 6.61. The van der Waals surface area contributed by atoms with Crippen molar-refractivity contribution in [1.82, 2.24) is 9.55 Å². The fourth-order valence-electron chi connectivity index (χ4n) is 3.48. The van der Waals surface area contributed by atoms with Crippen LogP contribution in [0.5, 0.6) is 0 Å². The fourth-order valence-corrected chi connectivity index (χ4v) is 3.48. The molecule has 0 amide bonds. The van der Waals surface area contributed by atoms with Crippen molar-refractivity contribution in [1.29, 1.82) is 0 Å². The quantitative estimate of drug-likeness (QED) is 0.591. The number of carboxylic acids is 1. The van der Waals surface area contributed by atoms with Gasteiger partial charge in [0.1, 0.15) is 11.2 Å². The Morgan fingerprint density at radius 1 is 1.12 bits per heavy atom. The smallest absolute Gasteiger partial charge is 0.352 e. The third-order valence-electron chi connectivity index (χ3n) is 4.97. The van der Waals surface area contributed by atoms with Crippen LogP contribution in [-0.2, 0) is 7.05 Å². The molecule has 0 bridgehead atoms. The lowest BCUT2D eigenvalue weighted by atomic mass is 9.90. The Morgan fingerprint density at radius 2 is 1.85 bits per heavy atom. The lowest BCUT2D eigenvalue weighted by Gasteiger charge is -2.16.